The molecule has 0 aliphatic carbocycles. The summed E-state index contributed by atoms with van der Waals surface area (Å²) in [6, 6.07) is 0. The highest BCUT2D eigenvalue weighted by molar-refractivity contribution is 8.13. The van der Waals surface area contributed by atoms with Crippen LogP contribution in [0.1, 0.15) is 19.5 Å². The van der Waals surface area contributed by atoms with Crippen LogP contribution >= 0.6 is 10.7 Å². The van der Waals surface area contributed by atoms with Crippen LogP contribution in [0.4, 0.5) is 8.78 Å². The molecule has 0 aromatic carbocycles. The Labute approximate surface area is 114 Å². The lowest BCUT2D eigenvalue weighted by Crippen LogP contribution is -2.08. The van der Waals surface area contributed by atoms with Crippen LogP contribution in [0, 0.1) is 5.92 Å². The fourth-order valence-electron chi connectivity index (χ4n) is 1.37. The predicted molar refractivity (Wildman–Crippen MR) is 65.8 cm³/mol. The summed E-state index contributed by atoms with van der Waals surface area (Å²) in [6.45, 7) is 3.48. The Bertz CT molecular complexity index is 517. The monoisotopic (exact) mass is 316 g/mol. The lowest BCUT2D eigenvalue weighted by Gasteiger charge is -2.05. The first-order chi connectivity index (χ1) is 8.70. The number of rotatable bonds is 7. The average molecular weight is 317 g/mol. The zero-order chi connectivity index (χ0) is 14.6. The topological polar surface area (TPSA) is 61.2 Å². The third-order valence-electron chi connectivity index (χ3n) is 2.08. The van der Waals surface area contributed by atoms with Gasteiger partial charge in [-0.2, -0.15) is 5.10 Å². The van der Waals surface area contributed by atoms with Crippen molar-refractivity contribution in [1.29, 1.82) is 0 Å². The first kappa shape index (κ1) is 16.3. The van der Waals surface area contributed by atoms with Crippen molar-refractivity contribution in [2.45, 2.75) is 38.3 Å². The number of alkyl halides is 2. The van der Waals surface area contributed by atoms with E-state index in [-0.39, 0.29) is 23.1 Å². The van der Waals surface area contributed by atoms with E-state index in [1.807, 2.05) is 13.8 Å². The molecule has 0 atom stereocenters. The number of halogens is 3. The van der Waals surface area contributed by atoms with E-state index in [0.29, 0.717) is 6.61 Å². The summed E-state index contributed by atoms with van der Waals surface area (Å²) in [5.74, 6) is 0.263. The van der Waals surface area contributed by atoms with Crippen LogP contribution in [0.25, 0.3) is 0 Å². The maximum Gasteiger partial charge on any atom is 0.264 e. The van der Waals surface area contributed by atoms with Crippen molar-refractivity contribution >= 4 is 19.7 Å². The van der Waals surface area contributed by atoms with Gasteiger partial charge in [-0.25, -0.2) is 17.2 Å². The molecule has 1 aromatic heterocycles. The summed E-state index contributed by atoms with van der Waals surface area (Å²) in [5.41, 5.74) is 0.0382. The predicted octanol–water partition coefficient (Wildman–Crippen LogP) is 2.25. The van der Waals surface area contributed by atoms with Gasteiger partial charge in [-0.15, -0.1) is 0 Å². The van der Waals surface area contributed by atoms with Crippen molar-refractivity contribution in [2.24, 2.45) is 5.92 Å². The molecule has 5 nitrogen and oxygen atoms in total. The second-order valence-corrected chi connectivity index (χ2v) is 6.93. The Kier molecular flexibility index (Phi) is 5.69. The van der Waals surface area contributed by atoms with Gasteiger partial charge in [0.2, 0.25) is 0 Å². The fraction of sp³-hybridized carbons (Fsp3) is 0.700. The van der Waals surface area contributed by atoms with Crippen molar-refractivity contribution in [1.82, 2.24) is 9.78 Å². The van der Waals surface area contributed by atoms with Gasteiger partial charge in [0, 0.05) is 23.5 Å². The molecule has 0 spiro atoms. The summed E-state index contributed by atoms with van der Waals surface area (Å²) in [6.07, 6.45) is -1.64. The van der Waals surface area contributed by atoms with Gasteiger partial charge in [0.05, 0.1) is 6.61 Å². The second-order valence-electron chi connectivity index (χ2n) is 4.40. The summed E-state index contributed by atoms with van der Waals surface area (Å²) < 4.78 is 53.2. The van der Waals surface area contributed by atoms with Crippen molar-refractivity contribution in [2.75, 3.05) is 6.61 Å². The van der Waals surface area contributed by atoms with Crippen LogP contribution in [0.2, 0.25) is 0 Å². The van der Waals surface area contributed by atoms with Gasteiger partial charge in [0.15, 0.2) is 0 Å². The molecule has 9 heteroatoms. The molecule has 0 saturated heterocycles. The minimum Gasteiger partial charge on any atom is -0.375 e. The van der Waals surface area contributed by atoms with Gasteiger partial charge >= 0.3 is 0 Å². The van der Waals surface area contributed by atoms with E-state index in [4.69, 9.17) is 15.4 Å². The van der Waals surface area contributed by atoms with Gasteiger partial charge in [0.25, 0.3) is 15.5 Å². The quantitative estimate of drug-likeness (QED) is 0.724. The zero-order valence-corrected chi connectivity index (χ0v) is 12.1. The van der Waals surface area contributed by atoms with Gasteiger partial charge in [-0.1, -0.05) is 13.8 Å². The Morgan fingerprint density at radius 2 is 2.11 bits per heavy atom. The number of nitrogens with zero attached hydrogens (tertiary/aromatic N) is 2. The Morgan fingerprint density at radius 1 is 1.47 bits per heavy atom. The number of aromatic nitrogens is 2. The van der Waals surface area contributed by atoms with Crippen molar-refractivity contribution in [3.8, 4) is 0 Å². The maximum atomic E-state index is 12.2. The SMILES string of the molecule is CC(C)COCc1nn(CC(F)F)cc1S(=O)(=O)Cl. The van der Waals surface area contributed by atoms with Crippen LogP contribution in [-0.4, -0.2) is 31.2 Å². The molecular formula is C10H15ClF2N2O3S. The first-order valence-corrected chi connectivity index (χ1v) is 7.88. The average Bonchev–Trinajstić information content (AvgIpc) is 2.59. The summed E-state index contributed by atoms with van der Waals surface area (Å²) in [4.78, 5) is -0.293. The van der Waals surface area contributed by atoms with E-state index >= 15 is 0 Å². The summed E-state index contributed by atoms with van der Waals surface area (Å²) in [7, 11) is 1.20. The molecule has 1 rings (SSSR count). The largest absolute Gasteiger partial charge is 0.375 e. The molecule has 0 N–H and O–H groups in total. The number of hydrogen-bond acceptors (Lipinski definition) is 4. The van der Waals surface area contributed by atoms with E-state index in [1.54, 1.807) is 0 Å². The number of hydrogen-bond donors (Lipinski definition) is 0. The third-order valence-corrected chi connectivity index (χ3v) is 3.44. The molecule has 0 aliphatic rings. The van der Waals surface area contributed by atoms with Crippen LogP contribution in [0.15, 0.2) is 11.1 Å². The summed E-state index contributed by atoms with van der Waals surface area (Å²) in [5, 5.41) is 3.76. The molecule has 1 heterocycles. The van der Waals surface area contributed by atoms with Gasteiger partial charge in [0.1, 0.15) is 17.1 Å². The molecule has 0 saturated carbocycles. The van der Waals surface area contributed by atoms with Crippen molar-refractivity contribution in [3.05, 3.63) is 11.9 Å². The Morgan fingerprint density at radius 3 is 2.58 bits per heavy atom. The van der Waals surface area contributed by atoms with E-state index in [2.05, 4.69) is 5.10 Å². The Balaban J connectivity index is 2.90. The van der Waals surface area contributed by atoms with E-state index in [1.165, 1.54) is 0 Å². The van der Waals surface area contributed by atoms with E-state index in [9.17, 15) is 17.2 Å². The normalized spacial score (nSPS) is 12.6. The van der Waals surface area contributed by atoms with Crippen LogP contribution < -0.4 is 0 Å². The van der Waals surface area contributed by atoms with Gasteiger partial charge < -0.3 is 4.74 Å². The molecule has 0 unspecified atom stereocenters. The molecule has 19 heavy (non-hydrogen) atoms. The second kappa shape index (κ2) is 6.62. The molecule has 0 amide bonds. The minimum absolute atomic E-state index is 0.0382. The standard InChI is InChI=1S/C10H15ClF2N2O3S/c1-7(2)5-18-6-8-9(19(11,16)17)3-15(14-8)4-10(12)13/h3,7,10H,4-6H2,1-2H3. The van der Waals surface area contributed by atoms with Gasteiger partial charge in [-0.3, -0.25) is 4.68 Å². The Hall–Kier alpha value is -0.730. The lowest BCUT2D eigenvalue weighted by molar-refractivity contribution is 0.0917. The fourth-order valence-corrected chi connectivity index (χ4v) is 2.39. The molecule has 0 fully saturated rings. The van der Waals surface area contributed by atoms with Gasteiger partial charge in [-0.05, 0) is 5.92 Å². The van der Waals surface area contributed by atoms with Crippen molar-refractivity contribution < 1.29 is 21.9 Å². The molecule has 0 aliphatic heterocycles. The van der Waals surface area contributed by atoms with Crippen molar-refractivity contribution in [3.63, 3.8) is 0 Å². The molecular weight excluding hydrogens is 302 g/mol. The highest BCUT2D eigenvalue weighted by Gasteiger charge is 2.21. The molecule has 0 bridgehead atoms. The number of ether oxygens (including phenoxy) is 1. The minimum atomic E-state index is -4.04. The first-order valence-electron chi connectivity index (χ1n) is 5.57. The lowest BCUT2D eigenvalue weighted by atomic mass is 10.2. The highest BCUT2D eigenvalue weighted by atomic mass is 35.7. The zero-order valence-electron chi connectivity index (χ0n) is 10.5. The molecule has 1 aromatic rings. The smallest absolute Gasteiger partial charge is 0.264 e. The van der Waals surface area contributed by atoms with Crippen LogP contribution in [0.3, 0.4) is 0 Å². The van der Waals surface area contributed by atoms with E-state index in [0.717, 1.165) is 10.9 Å². The maximum absolute atomic E-state index is 12.2. The van der Waals surface area contributed by atoms with Crippen LogP contribution in [-0.2, 0) is 26.9 Å². The summed E-state index contributed by atoms with van der Waals surface area (Å²) >= 11 is 0. The highest BCUT2D eigenvalue weighted by Crippen LogP contribution is 2.20. The molecule has 0 radical (unpaired) electrons. The van der Waals surface area contributed by atoms with E-state index < -0.39 is 22.0 Å². The van der Waals surface area contributed by atoms with Crippen LogP contribution in [0.5, 0.6) is 0 Å². The molecule has 110 valence electrons. The third kappa shape index (κ3) is 5.42.